The molecule has 0 bridgehead atoms. The van der Waals surface area contributed by atoms with Gasteiger partial charge in [0.05, 0.1) is 0 Å². The largest absolute Gasteiger partial charge is 0.355 e. The van der Waals surface area contributed by atoms with Crippen LogP contribution in [-0.2, 0) is 14.6 Å². The molecule has 0 atom stereocenters. The number of carbonyl (C=O) groups excluding carboxylic acids is 1. The Morgan fingerprint density at radius 1 is 1.43 bits per heavy atom. The topological polar surface area (TPSA) is 89.3 Å². The number of amides is 1. The summed E-state index contributed by atoms with van der Waals surface area (Å²) in [6, 6.07) is 0. The normalized spacial score (nSPS) is 12.6. The van der Waals surface area contributed by atoms with Crippen LogP contribution in [0.5, 0.6) is 0 Å². The number of nitrogens with two attached hydrogens (primary N) is 1. The van der Waals surface area contributed by atoms with Gasteiger partial charge < -0.3 is 11.1 Å². The highest BCUT2D eigenvalue weighted by Gasteiger charge is 2.18. The molecule has 14 heavy (non-hydrogen) atoms. The van der Waals surface area contributed by atoms with Crippen LogP contribution in [0.1, 0.15) is 13.8 Å². The first-order chi connectivity index (χ1) is 6.16. The van der Waals surface area contributed by atoms with E-state index >= 15 is 0 Å². The molecule has 1 amide bonds. The van der Waals surface area contributed by atoms with Gasteiger partial charge in [-0.1, -0.05) is 13.8 Å². The molecule has 0 saturated heterocycles. The third kappa shape index (κ3) is 6.85. The molecule has 0 unspecified atom stereocenters. The number of rotatable bonds is 5. The maximum Gasteiger partial charge on any atom is 0.235 e. The summed E-state index contributed by atoms with van der Waals surface area (Å²) in [6.45, 7) is 4.62. The molecule has 84 valence electrons. The average Bonchev–Trinajstić information content (AvgIpc) is 1.98. The van der Waals surface area contributed by atoms with E-state index in [1.165, 1.54) is 0 Å². The van der Waals surface area contributed by atoms with Crippen LogP contribution in [0, 0.1) is 5.41 Å². The first-order valence-corrected chi connectivity index (χ1v) is 6.37. The van der Waals surface area contributed by atoms with Crippen molar-refractivity contribution in [3.63, 3.8) is 0 Å². The Bertz CT molecular complexity index is 296. The van der Waals surface area contributed by atoms with Gasteiger partial charge in [0.1, 0.15) is 5.75 Å². The molecule has 0 heterocycles. The standard InChI is InChI=1S/C8H18N2O3S/c1-8(2,5-9)6-10-7(11)4-14(3,12)13/h4-6,9H2,1-3H3,(H,10,11). The predicted octanol–water partition coefficient (Wildman–Crippen LogP) is -0.868. The Morgan fingerprint density at radius 3 is 2.29 bits per heavy atom. The Morgan fingerprint density at radius 2 is 1.93 bits per heavy atom. The molecular formula is C8H18N2O3S. The highest BCUT2D eigenvalue weighted by molar-refractivity contribution is 7.91. The van der Waals surface area contributed by atoms with E-state index in [0.717, 1.165) is 6.26 Å². The molecule has 0 aliphatic carbocycles. The number of hydrogen-bond acceptors (Lipinski definition) is 4. The maximum absolute atomic E-state index is 11.1. The van der Waals surface area contributed by atoms with Gasteiger partial charge in [-0.25, -0.2) is 8.42 Å². The Labute approximate surface area is 85.0 Å². The van der Waals surface area contributed by atoms with Crippen LogP contribution < -0.4 is 11.1 Å². The lowest BCUT2D eigenvalue weighted by atomic mass is 9.94. The number of hydrogen-bond donors (Lipinski definition) is 2. The van der Waals surface area contributed by atoms with Gasteiger partial charge in [0, 0.05) is 12.8 Å². The Hall–Kier alpha value is -0.620. The summed E-state index contributed by atoms with van der Waals surface area (Å²) in [6.07, 6.45) is 1.03. The van der Waals surface area contributed by atoms with Crippen molar-refractivity contribution in [2.45, 2.75) is 13.8 Å². The lowest BCUT2D eigenvalue weighted by Crippen LogP contribution is -2.40. The monoisotopic (exact) mass is 222 g/mol. The number of nitrogens with one attached hydrogen (secondary N) is 1. The Balaban J connectivity index is 3.99. The minimum Gasteiger partial charge on any atom is -0.355 e. The quantitative estimate of drug-likeness (QED) is 0.633. The van der Waals surface area contributed by atoms with Gasteiger partial charge in [0.25, 0.3) is 0 Å². The van der Waals surface area contributed by atoms with Crippen molar-refractivity contribution >= 4 is 15.7 Å². The summed E-state index contributed by atoms with van der Waals surface area (Å²) in [5.41, 5.74) is 5.25. The molecule has 0 aromatic rings. The van der Waals surface area contributed by atoms with Gasteiger partial charge in [0.2, 0.25) is 5.91 Å². The highest BCUT2D eigenvalue weighted by Crippen LogP contribution is 2.09. The number of sulfone groups is 1. The van der Waals surface area contributed by atoms with E-state index in [1.807, 2.05) is 13.8 Å². The van der Waals surface area contributed by atoms with E-state index in [1.54, 1.807) is 0 Å². The smallest absolute Gasteiger partial charge is 0.235 e. The van der Waals surface area contributed by atoms with Gasteiger partial charge in [-0.05, 0) is 12.0 Å². The summed E-state index contributed by atoms with van der Waals surface area (Å²) in [5.74, 6) is -0.942. The lowest BCUT2D eigenvalue weighted by molar-refractivity contribution is -0.119. The summed E-state index contributed by atoms with van der Waals surface area (Å²) in [5, 5.41) is 2.53. The molecule has 0 aliphatic heterocycles. The van der Waals surface area contributed by atoms with Gasteiger partial charge in [-0.2, -0.15) is 0 Å². The van der Waals surface area contributed by atoms with Gasteiger partial charge in [-0.3, -0.25) is 4.79 Å². The molecular weight excluding hydrogens is 204 g/mol. The first kappa shape index (κ1) is 13.4. The van der Waals surface area contributed by atoms with Crippen molar-refractivity contribution < 1.29 is 13.2 Å². The van der Waals surface area contributed by atoms with E-state index in [0.29, 0.717) is 13.1 Å². The minimum absolute atomic E-state index is 0.201. The van der Waals surface area contributed by atoms with Crippen LogP contribution >= 0.6 is 0 Å². The van der Waals surface area contributed by atoms with E-state index in [2.05, 4.69) is 5.32 Å². The third-order valence-electron chi connectivity index (χ3n) is 1.71. The van der Waals surface area contributed by atoms with Crippen LogP contribution in [0.15, 0.2) is 0 Å². The van der Waals surface area contributed by atoms with Crippen molar-refractivity contribution in [1.82, 2.24) is 5.32 Å². The average molecular weight is 222 g/mol. The van der Waals surface area contributed by atoms with E-state index in [9.17, 15) is 13.2 Å². The van der Waals surface area contributed by atoms with Gasteiger partial charge >= 0.3 is 0 Å². The van der Waals surface area contributed by atoms with Gasteiger partial charge in [0.15, 0.2) is 9.84 Å². The lowest BCUT2D eigenvalue weighted by Gasteiger charge is -2.22. The molecule has 0 aromatic carbocycles. The molecule has 0 rings (SSSR count). The molecule has 0 aliphatic rings. The SMILES string of the molecule is CC(C)(CN)CNC(=O)CS(C)(=O)=O. The third-order valence-corrected chi connectivity index (χ3v) is 2.50. The van der Waals surface area contributed by atoms with Crippen LogP contribution in [-0.4, -0.2) is 39.4 Å². The van der Waals surface area contributed by atoms with Crippen LogP contribution in [0.4, 0.5) is 0 Å². The van der Waals surface area contributed by atoms with Crippen molar-refractivity contribution in [3.05, 3.63) is 0 Å². The summed E-state index contributed by atoms with van der Waals surface area (Å²) >= 11 is 0. The summed E-state index contributed by atoms with van der Waals surface area (Å²) < 4.78 is 21.5. The van der Waals surface area contributed by atoms with Crippen molar-refractivity contribution in [1.29, 1.82) is 0 Å². The second-order valence-corrected chi connectivity index (χ2v) is 6.36. The molecule has 0 fully saturated rings. The van der Waals surface area contributed by atoms with Crippen molar-refractivity contribution in [3.8, 4) is 0 Å². The minimum atomic E-state index is -3.24. The fourth-order valence-corrected chi connectivity index (χ4v) is 1.28. The second-order valence-electron chi connectivity index (χ2n) is 4.22. The molecule has 0 spiro atoms. The first-order valence-electron chi connectivity index (χ1n) is 4.31. The highest BCUT2D eigenvalue weighted by atomic mass is 32.2. The van der Waals surface area contributed by atoms with Crippen molar-refractivity contribution in [2.24, 2.45) is 11.1 Å². The van der Waals surface area contributed by atoms with E-state index < -0.39 is 21.5 Å². The number of carbonyl (C=O) groups is 1. The summed E-state index contributed by atoms with van der Waals surface area (Å²) in [4.78, 5) is 11.1. The fourth-order valence-electron chi connectivity index (χ4n) is 0.699. The Kier molecular flexibility index (Phi) is 4.54. The predicted molar refractivity (Wildman–Crippen MR) is 55.6 cm³/mol. The van der Waals surface area contributed by atoms with Crippen molar-refractivity contribution in [2.75, 3.05) is 25.1 Å². The van der Waals surface area contributed by atoms with Crippen LogP contribution in [0.2, 0.25) is 0 Å². The molecule has 5 nitrogen and oxygen atoms in total. The van der Waals surface area contributed by atoms with Crippen LogP contribution in [0.3, 0.4) is 0 Å². The molecule has 3 N–H and O–H groups in total. The maximum atomic E-state index is 11.1. The fraction of sp³-hybridized carbons (Fsp3) is 0.875. The zero-order valence-corrected chi connectivity index (χ0v) is 9.65. The van der Waals surface area contributed by atoms with E-state index in [4.69, 9.17) is 5.73 Å². The van der Waals surface area contributed by atoms with E-state index in [-0.39, 0.29) is 5.41 Å². The summed E-state index contributed by atoms with van der Waals surface area (Å²) in [7, 11) is -3.24. The molecule has 0 saturated carbocycles. The second kappa shape index (κ2) is 4.75. The molecule has 0 aromatic heterocycles. The molecule has 6 heteroatoms. The zero-order chi connectivity index (χ0) is 11.4. The van der Waals surface area contributed by atoms with Gasteiger partial charge in [-0.15, -0.1) is 0 Å². The molecule has 0 radical (unpaired) electrons. The van der Waals surface area contributed by atoms with Crippen LogP contribution in [0.25, 0.3) is 0 Å². The zero-order valence-electron chi connectivity index (χ0n) is 8.83.